The molecule has 2 N–H and O–H groups in total. The number of aromatic nitrogens is 2. The van der Waals surface area contributed by atoms with Crippen LogP contribution in [-0.2, 0) is 13.6 Å². The first-order chi connectivity index (χ1) is 14.3. The Kier molecular flexibility index (Phi) is 6.10. The van der Waals surface area contributed by atoms with Gasteiger partial charge >= 0.3 is 0 Å². The van der Waals surface area contributed by atoms with Gasteiger partial charge in [-0.05, 0) is 36.8 Å². The van der Waals surface area contributed by atoms with Crippen molar-refractivity contribution in [2.45, 2.75) is 13.5 Å². The number of carbonyl (C=O) groups is 2. The zero-order valence-electron chi connectivity index (χ0n) is 16.6. The molecule has 0 atom stereocenters. The van der Waals surface area contributed by atoms with E-state index in [4.69, 9.17) is 0 Å². The van der Waals surface area contributed by atoms with Crippen molar-refractivity contribution >= 4 is 17.5 Å². The summed E-state index contributed by atoms with van der Waals surface area (Å²) in [5, 5.41) is 9.36. The van der Waals surface area contributed by atoms with Crippen LogP contribution in [0.15, 0.2) is 42.7 Å². The summed E-state index contributed by atoms with van der Waals surface area (Å²) in [6, 6.07) is 6.75. The molecule has 0 aliphatic carbocycles. The number of ether oxygens (including phenoxy) is 1. The van der Waals surface area contributed by atoms with E-state index in [1.54, 1.807) is 43.2 Å². The third kappa shape index (κ3) is 4.45. The Hall–Kier alpha value is -3.75. The Balaban J connectivity index is 1.77. The van der Waals surface area contributed by atoms with E-state index < -0.39 is 23.3 Å². The third-order valence-electron chi connectivity index (χ3n) is 4.46. The lowest BCUT2D eigenvalue weighted by atomic mass is 10.1. The van der Waals surface area contributed by atoms with E-state index in [0.717, 1.165) is 24.8 Å². The van der Waals surface area contributed by atoms with Crippen LogP contribution in [0.2, 0.25) is 0 Å². The molecule has 2 amide bonds. The maximum Gasteiger partial charge on any atom is 0.258 e. The molecule has 0 bridgehead atoms. The third-order valence-corrected chi connectivity index (χ3v) is 4.46. The zero-order valence-corrected chi connectivity index (χ0v) is 16.6. The molecule has 0 aliphatic rings. The molecular weight excluding hydrogens is 394 g/mol. The van der Waals surface area contributed by atoms with Gasteiger partial charge in [0, 0.05) is 36.6 Å². The van der Waals surface area contributed by atoms with Crippen molar-refractivity contribution in [1.82, 2.24) is 15.1 Å². The number of anilines is 1. The van der Waals surface area contributed by atoms with Gasteiger partial charge in [-0.15, -0.1) is 0 Å². The minimum absolute atomic E-state index is 0.294. The monoisotopic (exact) mass is 414 g/mol. The largest absolute Gasteiger partial charge is 0.491 e. The molecule has 3 rings (SSSR count). The fourth-order valence-electron chi connectivity index (χ4n) is 2.83. The predicted octanol–water partition coefficient (Wildman–Crippen LogP) is 3.20. The van der Waals surface area contributed by atoms with Crippen LogP contribution in [-0.4, -0.2) is 28.7 Å². The second-order valence-electron chi connectivity index (χ2n) is 6.63. The number of nitrogens with zero attached hydrogens (tertiary/aromatic N) is 2. The Labute approximate surface area is 171 Å². The van der Waals surface area contributed by atoms with Crippen molar-refractivity contribution < 1.29 is 23.1 Å². The number of carbonyl (C=O) groups excluding carboxylic acids is 2. The van der Waals surface area contributed by atoms with Crippen LogP contribution in [0, 0.1) is 18.6 Å². The summed E-state index contributed by atoms with van der Waals surface area (Å²) in [6.07, 6.45) is 3.43. The van der Waals surface area contributed by atoms with Crippen LogP contribution in [0.25, 0.3) is 0 Å². The van der Waals surface area contributed by atoms with E-state index in [0.29, 0.717) is 23.4 Å². The van der Waals surface area contributed by atoms with E-state index >= 15 is 0 Å². The van der Waals surface area contributed by atoms with Crippen LogP contribution >= 0.6 is 0 Å². The summed E-state index contributed by atoms with van der Waals surface area (Å²) in [6.45, 7) is 2.03. The van der Waals surface area contributed by atoms with Crippen LogP contribution < -0.4 is 15.4 Å². The first-order valence-corrected chi connectivity index (χ1v) is 9.00. The van der Waals surface area contributed by atoms with Gasteiger partial charge < -0.3 is 15.4 Å². The first kappa shape index (κ1) is 21.0. The molecule has 0 fully saturated rings. The highest BCUT2D eigenvalue weighted by molar-refractivity contribution is 6.06. The molecule has 9 heteroatoms. The maximum absolute atomic E-state index is 14.4. The SMILES string of the molecule is COc1c(F)ccc(C(=O)Nc2cc(C(=O)NCc3cnn(C)c3)ccc2C)c1F. The highest BCUT2D eigenvalue weighted by Crippen LogP contribution is 2.25. The Morgan fingerprint density at radius 2 is 1.93 bits per heavy atom. The van der Waals surface area contributed by atoms with Crippen molar-refractivity contribution in [2.75, 3.05) is 12.4 Å². The number of hydrogen-bond acceptors (Lipinski definition) is 4. The van der Waals surface area contributed by atoms with Gasteiger partial charge in [-0.1, -0.05) is 6.07 Å². The summed E-state index contributed by atoms with van der Waals surface area (Å²) in [5.41, 5.74) is 1.78. The summed E-state index contributed by atoms with van der Waals surface area (Å²) >= 11 is 0. The second kappa shape index (κ2) is 8.73. The number of aryl methyl sites for hydroxylation is 2. The van der Waals surface area contributed by atoms with E-state index in [1.165, 1.54) is 6.07 Å². The van der Waals surface area contributed by atoms with Gasteiger partial charge in [0.15, 0.2) is 17.4 Å². The molecule has 0 aliphatic heterocycles. The van der Waals surface area contributed by atoms with E-state index in [-0.39, 0.29) is 11.5 Å². The summed E-state index contributed by atoms with van der Waals surface area (Å²) in [4.78, 5) is 25.0. The van der Waals surface area contributed by atoms with Gasteiger partial charge in [-0.25, -0.2) is 8.78 Å². The number of hydrogen-bond donors (Lipinski definition) is 2. The lowest BCUT2D eigenvalue weighted by Gasteiger charge is -2.12. The highest BCUT2D eigenvalue weighted by atomic mass is 19.1. The van der Waals surface area contributed by atoms with Crippen molar-refractivity contribution in [2.24, 2.45) is 7.05 Å². The van der Waals surface area contributed by atoms with Crippen LogP contribution in [0.3, 0.4) is 0 Å². The minimum atomic E-state index is -1.10. The molecule has 2 aromatic carbocycles. The predicted molar refractivity (Wildman–Crippen MR) is 106 cm³/mol. The van der Waals surface area contributed by atoms with Gasteiger partial charge in [-0.2, -0.15) is 5.10 Å². The molecule has 7 nitrogen and oxygen atoms in total. The molecule has 0 radical (unpaired) electrons. The molecule has 1 aromatic heterocycles. The molecule has 0 unspecified atom stereocenters. The van der Waals surface area contributed by atoms with Gasteiger partial charge in [0.1, 0.15) is 0 Å². The average molecular weight is 414 g/mol. The molecular formula is C21H20F2N4O3. The lowest BCUT2D eigenvalue weighted by molar-refractivity contribution is 0.0949. The van der Waals surface area contributed by atoms with Crippen molar-refractivity contribution in [3.05, 3.63) is 76.6 Å². The Morgan fingerprint density at radius 3 is 2.60 bits per heavy atom. The number of amides is 2. The van der Waals surface area contributed by atoms with Gasteiger partial charge in [0.05, 0.1) is 18.9 Å². The standard InChI is InChI=1S/C21H20F2N4O3/c1-12-4-5-14(20(28)24-9-13-10-25-27(2)11-13)8-17(12)26-21(29)15-6-7-16(22)19(30-3)18(15)23/h4-8,10-11H,9H2,1-3H3,(H,24,28)(H,26,29). The van der Waals surface area contributed by atoms with Gasteiger partial charge in [-0.3, -0.25) is 14.3 Å². The molecule has 0 saturated heterocycles. The minimum Gasteiger partial charge on any atom is -0.491 e. The summed E-state index contributed by atoms with van der Waals surface area (Å²) in [5.74, 6) is -3.78. The number of nitrogens with one attached hydrogen (secondary N) is 2. The highest BCUT2D eigenvalue weighted by Gasteiger charge is 2.20. The van der Waals surface area contributed by atoms with Crippen LogP contribution in [0.1, 0.15) is 31.8 Å². The Morgan fingerprint density at radius 1 is 1.17 bits per heavy atom. The molecule has 3 aromatic rings. The van der Waals surface area contributed by atoms with Crippen molar-refractivity contribution in [1.29, 1.82) is 0 Å². The van der Waals surface area contributed by atoms with Crippen molar-refractivity contribution in [3.63, 3.8) is 0 Å². The number of benzene rings is 2. The Bertz CT molecular complexity index is 1110. The van der Waals surface area contributed by atoms with E-state index in [2.05, 4.69) is 20.5 Å². The van der Waals surface area contributed by atoms with Crippen molar-refractivity contribution in [3.8, 4) is 5.75 Å². The smallest absolute Gasteiger partial charge is 0.258 e. The van der Waals surface area contributed by atoms with Gasteiger partial charge in [0.25, 0.3) is 11.8 Å². The average Bonchev–Trinajstić information content (AvgIpc) is 3.13. The molecule has 0 saturated carbocycles. The maximum atomic E-state index is 14.4. The van der Waals surface area contributed by atoms with E-state index in [1.807, 2.05) is 0 Å². The zero-order chi connectivity index (χ0) is 21.8. The fraction of sp³-hybridized carbons (Fsp3) is 0.190. The van der Waals surface area contributed by atoms with Gasteiger partial charge in [0.2, 0.25) is 0 Å². The molecule has 1 heterocycles. The number of halogens is 2. The summed E-state index contributed by atoms with van der Waals surface area (Å²) < 4.78 is 34.2. The fourth-order valence-corrected chi connectivity index (χ4v) is 2.83. The quantitative estimate of drug-likeness (QED) is 0.649. The second-order valence-corrected chi connectivity index (χ2v) is 6.63. The number of rotatable bonds is 6. The summed E-state index contributed by atoms with van der Waals surface area (Å²) in [7, 11) is 2.89. The number of methoxy groups -OCH3 is 1. The lowest BCUT2D eigenvalue weighted by Crippen LogP contribution is -2.23. The van der Waals surface area contributed by atoms with Crippen LogP contribution in [0.5, 0.6) is 5.75 Å². The van der Waals surface area contributed by atoms with E-state index in [9.17, 15) is 18.4 Å². The van der Waals surface area contributed by atoms with Crippen LogP contribution in [0.4, 0.5) is 14.5 Å². The normalized spacial score (nSPS) is 10.6. The topological polar surface area (TPSA) is 85.2 Å². The first-order valence-electron chi connectivity index (χ1n) is 9.00. The molecule has 156 valence electrons. The molecule has 0 spiro atoms. The molecule has 30 heavy (non-hydrogen) atoms.